The van der Waals surface area contributed by atoms with Crippen LogP contribution >= 0.6 is 7.82 Å². The van der Waals surface area contributed by atoms with Gasteiger partial charge in [-0.1, -0.05) is 132 Å². The average Bonchev–Trinajstić information content (AvgIpc) is 3.19. The van der Waals surface area contributed by atoms with Gasteiger partial charge in [0.05, 0.1) is 13.2 Å². The third kappa shape index (κ3) is 27.4. The number of aliphatic hydroxyl groups is 5. The molecule has 6 atom stereocenters. The molecule has 57 heavy (non-hydrogen) atoms. The Morgan fingerprint density at radius 1 is 0.579 bits per heavy atom. The van der Waals surface area contributed by atoms with Gasteiger partial charge in [0, 0.05) is 13.0 Å². The Morgan fingerprint density at radius 2 is 1.04 bits per heavy atom. The number of unbranched alkanes of at least 4 members (excludes halogenated alkanes) is 13. The van der Waals surface area contributed by atoms with Crippen molar-refractivity contribution in [2.24, 2.45) is 0 Å². The maximum absolute atomic E-state index is 12.8. The van der Waals surface area contributed by atoms with Crippen LogP contribution in [0.4, 0.5) is 0 Å². The molecule has 1 aliphatic carbocycles. The number of ether oxygens (including phenoxy) is 2. The molecule has 1 fully saturated rings. The second-order valence-electron chi connectivity index (χ2n) is 14.8. The zero-order chi connectivity index (χ0) is 42.0. The molecule has 1 rings (SSSR count). The summed E-state index contributed by atoms with van der Waals surface area (Å²) in [6.45, 7) is 4.04. The van der Waals surface area contributed by atoms with Gasteiger partial charge in [0.25, 0.3) is 0 Å². The minimum atomic E-state index is -5.03. The van der Waals surface area contributed by atoms with Gasteiger partial charge in [0.15, 0.2) is 0 Å². The average molecular weight is 829 g/mol. The highest BCUT2D eigenvalue weighted by Gasteiger charge is 2.51. The number of phosphoric ester groups is 1. The molecule has 0 saturated heterocycles. The predicted octanol–water partition coefficient (Wildman–Crippen LogP) is 8.25. The van der Waals surface area contributed by atoms with Crippen LogP contribution in [0.15, 0.2) is 60.8 Å². The van der Waals surface area contributed by atoms with E-state index in [9.17, 15) is 39.8 Å². The minimum Gasteiger partial charge on any atom is -0.457 e. The second-order valence-corrected chi connectivity index (χ2v) is 16.2. The maximum Gasteiger partial charge on any atom is 0.472 e. The molecule has 0 aliphatic heterocycles. The first kappa shape index (κ1) is 53.1. The normalized spacial score (nSPS) is 23.4. The van der Waals surface area contributed by atoms with Crippen molar-refractivity contribution < 1.29 is 58.3 Å². The first-order chi connectivity index (χ1) is 27.5. The van der Waals surface area contributed by atoms with Crippen molar-refractivity contribution in [3.05, 3.63) is 60.8 Å². The summed E-state index contributed by atoms with van der Waals surface area (Å²) in [4.78, 5) is 23.1. The third-order valence-electron chi connectivity index (χ3n) is 9.62. The summed E-state index contributed by atoms with van der Waals surface area (Å²) in [6.07, 6.45) is 30.0. The Hall–Kier alpha value is -1.96. The van der Waals surface area contributed by atoms with Crippen molar-refractivity contribution in [2.75, 3.05) is 19.8 Å². The third-order valence-corrected chi connectivity index (χ3v) is 10.6. The number of esters is 1. The molecule has 0 radical (unpaired) electrons. The molecular weight excluding hydrogens is 751 g/mol. The van der Waals surface area contributed by atoms with E-state index in [4.69, 9.17) is 18.5 Å². The van der Waals surface area contributed by atoms with Crippen LogP contribution in [-0.2, 0) is 27.9 Å². The largest absolute Gasteiger partial charge is 0.472 e. The zero-order valence-electron chi connectivity index (χ0n) is 34.9. The molecule has 6 N–H and O–H groups in total. The molecule has 1 saturated carbocycles. The number of hydrogen-bond donors (Lipinski definition) is 6. The van der Waals surface area contributed by atoms with Crippen LogP contribution in [0.5, 0.6) is 0 Å². The monoisotopic (exact) mass is 829 g/mol. The van der Waals surface area contributed by atoms with E-state index in [1.165, 1.54) is 12.8 Å². The van der Waals surface area contributed by atoms with E-state index >= 15 is 0 Å². The molecule has 0 bridgehead atoms. The first-order valence-corrected chi connectivity index (χ1v) is 23.1. The number of aliphatic hydroxyl groups excluding tert-OH is 5. The molecule has 0 aromatic rings. The summed E-state index contributed by atoms with van der Waals surface area (Å²) in [5.41, 5.74) is 0. The number of carbonyl (C=O) groups is 1. The Bertz CT molecular complexity index is 1170. The molecule has 0 spiro atoms. The van der Waals surface area contributed by atoms with Crippen molar-refractivity contribution in [3.63, 3.8) is 0 Å². The Kier molecular flexibility index (Phi) is 32.4. The van der Waals surface area contributed by atoms with E-state index in [1.54, 1.807) is 0 Å². The summed E-state index contributed by atoms with van der Waals surface area (Å²) in [6, 6.07) is 0. The fourth-order valence-corrected chi connectivity index (χ4v) is 7.12. The lowest BCUT2D eigenvalue weighted by atomic mass is 9.85. The van der Waals surface area contributed by atoms with Gasteiger partial charge >= 0.3 is 13.8 Å². The van der Waals surface area contributed by atoms with Crippen molar-refractivity contribution in [1.29, 1.82) is 0 Å². The lowest BCUT2D eigenvalue weighted by Crippen LogP contribution is -2.64. The highest BCUT2D eigenvalue weighted by Crippen LogP contribution is 2.47. The Balaban J connectivity index is 2.45. The molecule has 6 unspecified atom stereocenters. The molecule has 0 aromatic carbocycles. The van der Waals surface area contributed by atoms with Crippen LogP contribution < -0.4 is 0 Å². The molecule has 0 amide bonds. The first-order valence-electron chi connectivity index (χ1n) is 21.6. The van der Waals surface area contributed by atoms with Crippen LogP contribution in [0.25, 0.3) is 0 Å². The highest BCUT2D eigenvalue weighted by atomic mass is 31.2. The fraction of sp³-hybridized carbons (Fsp3) is 0.750. The van der Waals surface area contributed by atoms with Gasteiger partial charge in [-0.2, -0.15) is 0 Å². The van der Waals surface area contributed by atoms with Gasteiger partial charge in [0.1, 0.15) is 42.7 Å². The van der Waals surface area contributed by atoms with Gasteiger partial charge in [-0.3, -0.25) is 13.8 Å². The van der Waals surface area contributed by atoms with Crippen molar-refractivity contribution in [1.82, 2.24) is 0 Å². The summed E-state index contributed by atoms with van der Waals surface area (Å²) < 4.78 is 34.1. The van der Waals surface area contributed by atoms with Crippen molar-refractivity contribution in [2.45, 2.75) is 191 Å². The topological polar surface area (TPSA) is 192 Å². The van der Waals surface area contributed by atoms with Crippen molar-refractivity contribution in [3.8, 4) is 0 Å². The zero-order valence-corrected chi connectivity index (χ0v) is 35.8. The number of phosphoric acid groups is 1. The van der Waals surface area contributed by atoms with Gasteiger partial charge < -0.3 is 39.9 Å². The van der Waals surface area contributed by atoms with Crippen LogP contribution in [0, 0.1) is 0 Å². The van der Waals surface area contributed by atoms with E-state index in [2.05, 4.69) is 74.6 Å². The number of allylic oxidation sites excluding steroid dienone is 10. The van der Waals surface area contributed by atoms with Crippen LogP contribution in [0.2, 0.25) is 0 Å². The molecule has 0 aromatic heterocycles. The van der Waals surface area contributed by atoms with E-state index in [-0.39, 0.29) is 13.0 Å². The highest BCUT2D eigenvalue weighted by molar-refractivity contribution is 7.47. The van der Waals surface area contributed by atoms with Gasteiger partial charge in [-0.05, 0) is 70.6 Å². The lowest BCUT2D eigenvalue weighted by molar-refractivity contribution is -0.220. The molecule has 330 valence electrons. The van der Waals surface area contributed by atoms with Crippen LogP contribution in [-0.4, -0.2) is 98.9 Å². The van der Waals surface area contributed by atoms with Crippen LogP contribution in [0.1, 0.15) is 149 Å². The van der Waals surface area contributed by atoms with Gasteiger partial charge in [-0.15, -0.1) is 0 Å². The smallest absolute Gasteiger partial charge is 0.457 e. The predicted molar refractivity (Wildman–Crippen MR) is 225 cm³/mol. The van der Waals surface area contributed by atoms with E-state index in [0.717, 1.165) is 109 Å². The van der Waals surface area contributed by atoms with E-state index in [1.807, 2.05) is 0 Å². The molecule has 12 nitrogen and oxygen atoms in total. The second kappa shape index (κ2) is 34.9. The van der Waals surface area contributed by atoms with Crippen LogP contribution in [0.3, 0.4) is 0 Å². The minimum absolute atomic E-state index is 0.0939. The molecular formula is C44H77O12P. The SMILES string of the molecule is CC/C=C\C/C=C\C/C=C\CCCCCCCC(=O)OC(COCCCCCCCC/C=C\C/C=C\CCCC)COP(=O)(O)OC1C(O)C(O)C(O)C(O)C1O. The fourth-order valence-electron chi connectivity index (χ4n) is 6.15. The van der Waals surface area contributed by atoms with Crippen molar-refractivity contribution >= 4 is 13.8 Å². The summed E-state index contributed by atoms with van der Waals surface area (Å²) in [5.74, 6) is -0.501. The molecule has 13 heteroatoms. The number of carbonyl (C=O) groups excluding carboxylic acids is 1. The quantitative estimate of drug-likeness (QED) is 0.0155. The lowest BCUT2D eigenvalue weighted by Gasteiger charge is -2.41. The number of hydrogen-bond acceptors (Lipinski definition) is 11. The standard InChI is InChI=1S/C44H77O12P/c1-3-5-7-9-11-13-15-17-19-21-23-25-27-29-31-33-38(45)55-37(36-54-57(51,52)56-44-42(49)40(47)39(46)41(48)43(44)50)35-53-34-32-30-28-26-24-22-20-18-16-14-12-10-8-6-4-2/h5,7,10-13,16-19,37,39-44,46-50H,3-4,6,8-9,14-15,20-36H2,1-2H3,(H,51,52)/b7-5-,12-10-,13-11-,18-16-,19-17-. The Morgan fingerprint density at radius 3 is 1.58 bits per heavy atom. The summed E-state index contributed by atoms with van der Waals surface area (Å²) in [7, 11) is -5.03. The Labute approximate surface area is 343 Å². The summed E-state index contributed by atoms with van der Waals surface area (Å²) in [5, 5.41) is 50.1. The van der Waals surface area contributed by atoms with E-state index < -0.39 is 63.1 Å². The number of rotatable bonds is 35. The molecule has 0 heterocycles. The molecule has 1 aliphatic rings. The van der Waals surface area contributed by atoms with E-state index in [0.29, 0.717) is 13.0 Å². The van der Waals surface area contributed by atoms with Gasteiger partial charge in [-0.25, -0.2) is 4.57 Å². The summed E-state index contributed by atoms with van der Waals surface area (Å²) >= 11 is 0. The maximum atomic E-state index is 12.8. The van der Waals surface area contributed by atoms with Gasteiger partial charge in [0.2, 0.25) is 0 Å².